The molecule has 1 fully saturated rings. The lowest BCUT2D eigenvalue weighted by atomic mass is 10.1. The minimum atomic E-state index is -1.14. The molecule has 2 unspecified atom stereocenters. The molecule has 0 spiro atoms. The smallest absolute Gasteiger partial charge is 0.305 e. The SMILES string of the molecule is CC1CCCC1NCc1cc([N+](=O)[O-])c(F)cc1F. The Balaban J connectivity index is 2.11. The van der Waals surface area contributed by atoms with Gasteiger partial charge < -0.3 is 5.32 Å². The van der Waals surface area contributed by atoms with Gasteiger partial charge in [0.1, 0.15) is 5.82 Å². The van der Waals surface area contributed by atoms with E-state index in [1.807, 2.05) is 0 Å². The van der Waals surface area contributed by atoms with E-state index < -0.39 is 22.2 Å². The van der Waals surface area contributed by atoms with E-state index in [2.05, 4.69) is 12.2 Å². The van der Waals surface area contributed by atoms with E-state index in [0.29, 0.717) is 18.0 Å². The number of nitro groups is 1. The van der Waals surface area contributed by atoms with E-state index in [9.17, 15) is 18.9 Å². The van der Waals surface area contributed by atoms with Crippen LogP contribution in [0.25, 0.3) is 0 Å². The number of benzene rings is 1. The van der Waals surface area contributed by atoms with Gasteiger partial charge in [0.25, 0.3) is 0 Å². The third-order valence-corrected chi connectivity index (χ3v) is 3.73. The molecule has 0 radical (unpaired) electrons. The van der Waals surface area contributed by atoms with Crippen LogP contribution in [-0.4, -0.2) is 11.0 Å². The van der Waals surface area contributed by atoms with Gasteiger partial charge in [-0.15, -0.1) is 0 Å². The highest BCUT2D eigenvalue weighted by Gasteiger charge is 2.24. The molecule has 104 valence electrons. The average molecular weight is 270 g/mol. The molecule has 0 heterocycles. The maximum absolute atomic E-state index is 13.6. The zero-order chi connectivity index (χ0) is 14.0. The van der Waals surface area contributed by atoms with Gasteiger partial charge in [0.05, 0.1) is 4.92 Å². The summed E-state index contributed by atoms with van der Waals surface area (Å²) in [4.78, 5) is 9.78. The third kappa shape index (κ3) is 3.07. The summed E-state index contributed by atoms with van der Waals surface area (Å²) >= 11 is 0. The van der Waals surface area contributed by atoms with Gasteiger partial charge in [-0.3, -0.25) is 10.1 Å². The molecule has 0 bridgehead atoms. The van der Waals surface area contributed by atoms with Crippen LogP contribution in [0.3, 0.4) is 0 Å². The number of rotatable bonds is 4. The first-order valence-electron chi connectivity index (χ1n) is 6.34. The zero-order valence-electron chi connectivity index (χ0n) is 10.7. The summed E-state index contributed by atoms with van der Waals surface area (Å²) in [5.74, 6) is -1.37. The molecule has 0 amide bonds. The Morgan fingerprint density at radius 2 is 2.11 bits per heavy atom. The lowest BCUT2D eigenvalue weighted by Crippen LogP contribution is -2.30. The molecule has 1 aliphatic carbocycles. The van der Waals surface area contributed by atoms with Crippen LogP contribution in [0.5, 0.6) is 0 Å². The molecule has 0 aliphatic heterocycles. The summed E-state index contributed by atoms with van der Waals surface area (Å²) in [6.45, 7) is 2.30. The van der Waals surface area contributed by atoms with E-state index in [1.54, 1.807) is 0 Å². The van der Waals surface area contributed by atoms with Gasteiger partial charge in [0, 0.05) is 30.3 Å². The molecule has 1 aromatic carbocycles. The number of hydrogen-bond acceptors (Lipinski definition) is 3. The van der Waals surface area contributed by atoms with Gasteiger partial charge in [0.2, 0.25) is 5.82 Å². The third-order valence-electron chi connectivity index (χ3n) is 3.73. The number of halogens is 2. The van der Waals surface area contributed by atoms with Crippen LogP contribution in [0.1, 0.15) is 31.7 Å². The Labute approximate surface area is 110 Å². The Bertz CT molecular complexity index is 494. The molecule has 19 heavy (non-hydrogen) atoms. The van der Waals surface area contributed by atoms with E-state index >= 15 is 0 Å². The lowest BCUT2D eigenvalue weighted by molar-refractivity contribution is -0.387. The lowest BCUT2D eigenvalue weighted by Gasteiger charge is -2.17. The first kappa shape index (κ1) is 13.9. The quantitative estimate of drug-likeness (QED) is 0.675. The maximum Gasteiger partial charge on any atom is 0.305 e. The summed E-state index contributed by atoms with van der Waals surface area (Å²) in [5, 5.41) is 13.8. The largest absolute Gasteiger partial charge is 0.310 e. The Hall–Kier alpha value is -1.56. The van der Waals surface area contributed by atoms with Crippen molar-refractivity contribution in [3.8, 4) is 0 Å². The highest BCUT2D eigenvalue weighted by molar-refractivity contribution is 5.37. The van der Waals surface area contributed by atoms with Crippen LogP contribution in [0.15, 0.2) is 12.1 Å². The van der Waals surface area contributed by atoms with Crippen molar-refractivity contribution in [2.75, 3.05) is 0 Å². The molecular weight excluding hydrogens is 254 g/mol. The molecule has 2 atom stereocenters. The standard InChI is InChI=1S/C13H16F2N2O2/c1-8-3-2-4-12(8)16-7-9-5-13(17(18)19)11(15)6-10(9)14/h5-6,8,12,16H,2-4,7H2,1H3. The van der Waals surface area contributed by atoms with Gasteiger partial charge >= 0.3 is 5.69 Å². The van der Waals surface area contributed by atoms with Crippen LogP contribution < -0.4 is 5.32 Å². The van der Waals surface area contributed by atoms with Crippen molar-refractivity contribution in [1.29, 1.82) is 0 Å². The molecule has 2 rings (SSSR count). The average Bonchev–Trinajstić information content (AvgIpc) is 2.73. The molecule has 0 aromatic heterocycles. The second-order valence-electron chi connectivity index (χ2n) is 5.05. The van der Waals surface area contributed by atoms with Crippen molar-refractivity contribution in [2.24, 2.45) is 5.92 Å². The first-order valence-corrected chi connectivity index (χ1v) is 6.34. The topological polar surface area (TPSA) is 55.2 Å². The van der Waals surface area contributed by atoms with Gasteiger partial charge in [-0.2, -0.15) is 4.39 Å². The summed E-state index contributed by atoms with van der Waals surface area (Å²) in [7, 11) is 0. The summed E-state index contributed by atoms with van der Waals surface area (Å²) in [5.41, 5.74) is -0.551. The molecule has 6 heteroatoms. The Morgan fingerprint density at radius 3 is 2.68 bits per heavy atom. The van der Waals surface area contributed by atoms with Gasteiger partial charge in [-0.1, -0.05) is 13.3 Å². The molecule has 1 N–H and O–H groups in total. The van der Waals surface area contributed by atoms with E-state index in [4.69, 9.17) is 0 Å². The van der Waals surface area contributed by atoms with Crippen molar-refractivity contribution < 1.29 is 13.7 Å². The number of nitro benzene ring substituents is 1. The van der Waals surface area contributed by atoms with Crippen LogP contribution >= 0.6 is 0 Å². The number of nitrogens with one attached hydrogen (secondary N) is 1. The van der Waals surface area contributed by atoms with Crippen LogP contribution in [-0.2, 0) is 6.54 Å². The van der Waals surface area contributed by atoms with E-state index in [-0.39, 0.29) is 12.1 Å². The monoisotopic (exact) mass is 270 g/mol. The highest BCUT2D eigenvalue weighted by atomic mass is 19.1. The minimum absolute atomic E-state index is 0.132. The van der Waals surface area contributed by atoms with Gasteiger partial charge in [-0.25, -0.2) is 4.39 Å². The molecule has 0 saturated heterocycles. The predicted octanol–water partition coefficient (Wildman–Crippen LogP) is 3.15. The first-order chi connectivity index (χ1) is 8.99. The van der Waals surface area contributed by atoms with Crippen LogP contribution in [0.4, 0.5) is 14.5 Å². The molecule has 1 aliphatic rings. The van der Waals surface area contributed by atoms with Crippen LogP contribution in [0, 0.1) is 27.7 Å². The van der Waals surface area contributed by atoms with Crippen molar-refractivity contribution in [2.45, 2.75) is 38.8 Å². The van der Waals surface area contributed by atoms with Crippen molar-refractivity contribution >= 4 is 5.69 Å². The summed E-state index contributed by atoms with van der Waals surface area (Å²) in [6, 6.07) is 1.84. The van der Waals surface area contributed by atoms with Crippen LogP contribution in [0.2, 0.25) is 0 Å². The fraction of sp³-hybridized carbons (Fsp3) is 0.538. The Kier molecular flexibility index (Phi) is 4.09. The molecule has 4 nitrogen and oxygen atoms in total. The van der Waals surface area contributed by atoms with Gasteiger partial charge in [0.15, 0.2) is 0 Å². The van der Waals surface area contributed by atoms with E-state index in [0.717, 1.165) is 25.3 Å². The van der Waals surface area contributed by atoms with Gasteiger partial charge in [-0.05, 0) is 18.8 Å². The fourth-order valence-electron chi connectivity index (χ4n) is 2.55. The number of nitrogens with zero attached hydrogens (tertiary/aromatic N) is 1. The molecule has 1 saturated carbocycles. The summed E-state index contributed by atoms with van der Waals surface area (Å²) in [6.07, 6.45) is 3.28. The predicted molar refractivity (Wildman–Crippen MR) is 66.7 cm³/mol. The summed E-state index contributed by atoms with van der Waals surface area (Å²) < 4.78 is 26.7. The highest BCUT2D eigenvalue weighted by Crippen LogP contribution is 2.26. The second kappa shape index (κ2) is 5.61. The maximum atomic E-state index is 13.6. The number of hydrogen-bond donors (Lipinski definition) is 1. The van der Waals surface area contributed by atoms with E-state index in [1.165, 1.54) is 0 Å². The van der Waals surface area contributed by atoms with Crippen molar-refractivity contribution in [3.63, 3.8) is 0 Å². The molecule has 1 aromatic rings. The Morgan fingerprint density at radius 1 is 1.37 bits per heavy atom. The zero-order valence-corrected chi connectivity index (χ0v) is 10.7. The minimum Gasteiger partial charge on any atom is -0.310 e. The fourth-order valence-corrected chi connectivity index (χ4v) is 2.55. The molecular formula is C13H16F2N2O2. The van der Waals surface area contributed by atoms with Crippen molar-refractivity contribution in [3.05, 3.63) is 39.4 Å². The van der Waals surface area contributed by atoms with Crippen molar-refractivity contribution in [1.82, 2.24) is 5.32 Å². The normalized spacial score (nSPS) is 22.7. The second-order valence-corrected chi connectivity index (χ2v) is 5.05.